The first-order valence-corrected chi connectivity index (χ1v) is 4.38. The molecule has 0 aliphatic carbocycles. The van der Waals surface area contributed by atoms with Gasteiger partial charge in [0.25, 0.3) is 0 Å². The van der Waals surface area contributed by atoms with Gasteiger partial charge in [0.2, 0.25) is 0 Å². The quantitative estimate of drug-likeness (QED) is 0.493. The predicted molar refractivity (Wildman–Crippen MR) is 53.1 cm³/mol. The fraction of sp³-hybridized carbons (Fsp3) is 0.222. The second-order valence-corrected chi connectivity index (χ2v) is 2.83. The number of rotatable bonds is 2. The lowest BCUT2D eigenvalue weighted by atomic mass is 10.3. The second kappa shape index (κ2) is 4.63. The third kappa shape index (κ3) is 2.88. The number of carbonyl (C=O) groups is 1. The number of aromatic nitrogens is 1. The van der Waals surface area contributed by atoms with Gasteiger partial charge in [-0.15, -0.1) is 0 Å². The van der Waals surface area contributed by atoms with Crippen molar-refractivity contribution < 1.29 is 9.90 Å². The van der Waals surface area contributed by atoms with Crippen LogP contribution < -0.4 is 0 Å². The molecule has 0 saturated heterocycles. The molecule has 0 radical (unpaired) electrons. The Kier molecular flexibility index (Phi) is 3.47. The summed E-state index contributed by atoms with van der Waals surface area (Å²) < 4.78 is 0. The molecule has 0 aromatic carbocycles. The lowest BCUT2D eigenvalue weighted by Gasteiger charge is -1.81. The molecule has 0 aliphatic rings. The summed E-state index contributed by atoms with van der Waals surface area (Å²) in [6.45, 7) is 0. The smallest absolute Gasteiger partial charge is 0.352 e. The summed E-state index contributed by atoms with van der Waals surface area (Å²) in [4.78, 5) is 13.1. The Morgan fingerprint density at radius 1 is 1.69 bits per heavy atom. The number of carboxylic acid groups (broad SMARTS) is 1. The molecular weight excluding hydrogens is 186 g/mol. The molecule has 0 aliphatic heterocycles. The van der Waals surface area contributed by atoms with Gasteiger partial charge in [0, 0.05) is 23.9 Å². The molecule has 4 heteroatoms. The minimum absolute atomic E-state index is 0.162. The van der Waals surface area contributed by atoms with Crippen LogP contribution in [0.4, 0.5) is 0 Å². The summed E-state index contributed by atoms with van der Waals surface area (Å²) in [7, 11) is 0. The second-order valence-electron chi connectivity index (χ2n) is 2.38. The molecule has 13 heavy (non-hydrogen) atoms. The van der Waals surface area contributed by atoms with Crippen molar-refractivity contribution in [2.45, 2.75) is 6.42 Å². The van der Waals surface area contributed by atoms with Gasteiger partial charge in [0.05, 0.1) is 0 Å². The van der Waals surface area contributed by atoms with Gasteiger partial charge in [-0.05, 0) is 6.07 Å². The van der Waals surface area contributed by atoms with Crippen LogP contribution in [0.1, 0.15) is 22.5 Å². The molecule has 0 atom stereocenters. The van der Waals surface area contributed by atoms with Crippen molar-refractivity contribution in [2.24, 2.45) is 0 Å². The molecule has 68 valence electrons. The highest BCUT2D eigenvalue weighted by molar-refractivity contribution is 7.80. The lowest BCUT2D eigenvalue weighted by Crippen LogP contribution is -1.94. The average molecular weight is 195 g/mol. The van der Waals surface area contributed by atoms with Gasteiger partial charge in [-0.3, -0.25) is 0 Å². The molecule has 0 bridgehead atoms. The molecule has 0 fully saturated rings. The predicted octanol–water partition coefficient (Wildman–Crippen LogP) is 1.38. The molecule has 1 aromatic rings. The van der Waals surface area contributed by atoms with Crippen LogP contribution in [-0.4, -0.2) is 21.8 Å². The minimum Gasteiger partial charge on any atom is -0.477 e. The Hall–Kier alpha value is -1.34. The molecule has 0 spiro atoms. The van der Waals surface area contributed by atoms with E-state index in [-0.39, 0.29) is 5.69 Å². The third-order valence-electron chi connectivity index (χ3n) is 1.38. The number of thiol groups is 1. The largest absolute Gasteiger partial charge is 0.477 e. The van der Waals surface area contributed by atoms with Gasteiger partial charge in [-0.25, -0.2) is 4.79 Å². The van der Waals surface area contributed by atoms with Gasteiger partial charge < -0.3 is 10.1 Å². The molecule has 2 N–H and O–H groups in total. The molecular formula is C9H9NO2S. The number of carboxylic acids is 1. The summed E-state index contributed by atoms with van der Waals surface area (Å²) in [5.74, 6) is 5.43. The Labute approximate surface area is 81.6 Å². The topological polar surface area (TPSA) is 53.1 Å². The van der Waals surface area contributed by atoms with Crippen LogP contribution in [0.3, 0.4) is 0 Å². The summed E-state index contributed by atoms with van der Waals surface area (Å²) in [6, 6.07) is 1.51. The average Bonchev–Trinajstić information content (AvgIpc) is 2.53. The van der Waals surface area contributed by atoms with Gasteiger partial charge in [-0.2, -0.15) is 12.6 Å². The van der Waals surface area contributed by atoms with Crippen LogP contribution in [0.2, 0.25) is 0 Å². The fourth-order valence-corrected chi connectivity index (χ4v) is 0.922. The number of aromatic carboxylic acids is 1. The normalized spacial score (nSPS) is 9.00. The summed E-state index contributed by atoms with van der Waals surface area (Å²) in [6.07, 6.45) is 2.28. The fourth-order valence-electron chi connectivity index (χ4n) is 0.810. The SMILES string of the molecule is O=C(O)c1cc(C#CCCS)c[nH]1. The van der Waals surface area contributed by atoms with Crippen molar-refractivity contribution in [3.05, 3.63) is 23.5 Å². The van der Waals surface area contributed by atoms with E-state index in [1.54, 1.807) is 6.20 Å². The maximum Gasteiger partial charge on any atom is 0.352 e. The van der Waals surface area contributed by atoms with E-state index in [1.165, 1.54) is 6.07 Å². The summed E-state index contributed by atoms with van der Waals surface area (Å²) >= 11 is 4.00. The highest BCUT2D eigenvalue weighted by atomic mass is 32.1. The van der Waals surface area contributed by atoms with Crippen molar-refractivity contribution in [3.8, 4) is 11.8 Å². The first-order valence-electron chi connectivity index (χ1n) is 3.75. The van der Waals surface area contributed by atoms with E-state index in [0.717, 1.165) is 0 Å². The van der Waals surface area contributed by atoms with Crippen LogP contribution in [-0.2, 0) is 0 Å². The summed E-state index contributed by atoms with van der Waals surface area (Å²) in [5.41, 5.74) is 0.856. The zero-order valence-electron chi connectivity index (χ0n) is 6.87. The van der Waals surface area contributed by atoms with Gasteiger partial charge >= 0.3 is 5.97 Å². The number of H-pyrrole nitrogens is 1. The molecule has 1 rings (SSSR count). The highest BCUT2D eigenvalue weighted by Crippen LogP contribution is 2.01. The molecule has 0 saturated carbocycles. The molecule has 1 heterocycles. The Morgan fingerprint density at radius 2 is 2.46 bits per heavy atom. The minimum atomic E-state index is -0.970. The standard InChI is InChI=1S/C9H9NO2S/c11-9(12)8-5-7(6-10-8)3-1-2-4-13/h5-6,10,13H,2,4H2,(H,11,12). The molecule has 0 amide bonds. The van der Waals surface area contributed by atoms with E-state index in [9.17, 15) is 4.79 Å². The van der Waals surface area contributed by atoms with E-state index in [0.29, 0.717) is 17.7 Å². The van der Waals surface area contributed by atoms with Crippen molar-refractivity contribution in [1.82, 2.24) is 4.98 Å². The Morgan fingerprint density at radius 3 is 3.00 bits per heavy atom. The van der Waals surface area contributed by atoms with Crippen molar-refractivity contribution in [1.29, 1.82) is 0 Å². The first kappa shape index (κ1) is 9.75. The number of hydrogen-bond donors (Lipinski definition) is 3. The van der Waals surface area contributed by atoms with E-state index >= 15 is 0 Å². The molecule has 0 unspecified atom stereocenters. The van der Waals surface area contributed by atoms with Gasteiger partial charge in [-0.1, -0.05) is 11.8 Å². The van der Waals surface area contributed by atoms with E-state index in [4.69, 9.17) is 5.11 Å². The lowest BCUT2D eigenvalue weighted by molar-refractivity contribution is 0.0691. The van der Waals surface area contributed by atoms with E-state index in [2.05, 4.69) is 29.5 Å². The van der Waals surface area contributed by atoms with Crippen LogP contribution >= 0.6 is 12.6 Å². The molecule has 3 nitrogen and oxygen atoms in total. The van der Waals surface area contributed by atoms with Crippen LogP contribution in [0.5, 0.6) is 0 Å². The van der Waals surface area contributed by atoms with Crippen molar-refractivity contribution in [2.75, 3.05) is 5.75 Å². The van der Waals surface area contributed by atoms with Gasteiger partial charge in [0.15, 0.2) is 0 Å². The first-order chi connectivity index (χ1) is 6.24. The zero-order chi connectivity index (χ0) is 9.68. The highest BCUT2D eigenvalue weighted by Gasteiger charge is 2.03. The van der Waals surface area contributed by atoms with Crippen molar-refractivity contribution in [3.63, 3.8) is 0 Å². The number of hydrogen-bond acceptors (Lipinski definition) is 2. The number of nitrogens with one attached hydrogen (secondary N) is 1. The molecule has 1 aromatic heterocycles. The maximum absolute atomic E-state index is 10.5. The van der Waals surface area contributed by atoms with E-state index in [1.807, 2.05) is 0 Å². The Bertz CT molecular complexity index is 359. The van der Waals surface area contributed by atoms with Crippen LogP contribution in [0.15, 0.2) is 12.3 Å². The maximum atomic E-state index is 10.5. The summed E-state index contributed by atoms with van der Waals surface area (Å²) in [5, 5.41) is 8.58. The van der Waals surface area contributed by atoms with Gasteiger partial charge in [0.1, 0.15) is 5.69 Å². The van der Waals surface area contributed by atoms with Crippen molar-refractivity contribution >= 4 is 18.6 Å². The Balaban J connectivity index is 2.71. The third-order valence-corrected chi connectivity index (χ3v) is 1.61. The van der Waals surface area contributed by atoms with Crippen LogP contribution in [0.25, 0.3) is 0 Å². The monoisotopic (exact) mass is 195 g/mol. The number of aromatic amines is 1. The van der Waals surface area contributed by atoms with E-state index < -0.39 is 5.97 Å². The van der Waals surface area contributed by atoms with Crippen LogP contribution in [0, 0.1) is 11.8 Å². The zero-order valence-corrected chi connectivity index (χ0v) is 7.77.